The van der Waals surface area contributed by atoms with Crippen LogP contribution >= 0.6 is 0 Å². The predicted octanol–water partition coefficient (Wildman–Crippen LogP) is 13.6. The minimum absolute atomic E-state index is 0. The van der Waals surface area contributed by atoms with Crippen molar-refractivity contribution in [1.82, 2.24) is 4.98 Å². The second-order valence-electron chi connectivity index (χ2n) is 16.7. The van der Waals surface area contributed by atoms with E-state index < -0.39 is 0 Å². The normalized spacial score (nSPS) is 12.6. The second kappa shape index (κ2) is 15.8. The van der Waals surface area contributed by atoms with E-state index in [1.807, 2.05) is 27.7 Å². The number of rotatable bonds is 7. The molecule has 0 saturated carbocycles. The van der Waals surface area contributed by atoms with Crippen molar-refractivity contribution >= 4 is 70.5 Å². The third-order valence-corrected chi connectivity index (χ3v) is 11.3. The first-order valence-corrected chi connectivity index (χ1v) is 19.3. The molecule has 0 saturated heterocycles. The van der Waals surface area contributed by atoms with Crippen molar-refractivity contribution in [3.63, 3.8) is 0 Å². The van der Waals surface area contributed by atoms with Gasteiger partial charge in [-0.25, -0.2) is 0 Å². The van der Waals surface area contributed by atoms with Crippen molar-refractivity contribution in [2.75, 3.05) is 0 Å². The number of hydrogen-bond acceptors (Lipinski definition) is 4. The van der Waals surface area contributed by atoms with Gasteiger partial charge in [0.15, 0.2) is 5.78 Å². The summed E-state index contributed by atoms with van der Waals surface area (Å²) in [6.07, 6.45) is 6.66. The van der Waals surface area contributed by atoms with Crippen molar-refractivity contribution in [2.24, 2.45) is 11.8 Å². The van der Waals surface area contributed by atoms with Crippen molar-refractivity contribution < 1.29 is 30.0 Å². The zero-order chi connectivity index (χ0) is 38.4. The minimum atomic E-state index is -0.0264. The predicted molar refractivity (Wildman–Crippen MR) is 225 cm³/mol. The molecule has 54 heavy (non-hydrogen) atoms. The van der Waals surface area contributed by atoms with Gasteiger partial charge in [-0.3, -0.25) is 9.78 Å². The van der Waals surface area contributed by atoms with Crippen molar-refractivity contribution in [1.29, 1.82) is 5.26 Å². The molecule has 5 heteroatoms. The number of ketones is 1. The molecular formula is C49H53IrN2O2-. The zero-order valence-electron chi connectivity index (χ0n) is 33.5. The Hall–Kier alpha value is -4.36. The maximum Gasteiger partial charge on any atom is 0.162 e. The van der Waals surface area contributed by atoms with Crippen molar-refractivity contribution in [3.8, 4) is 6.07 Å². The van der Waals surface area contributed by atoms with E-state index in [9.17, 15) is 15.2 Å². The van der Waals surface area contributed by atoms with Gasteiger partial charge in [0, 0.05) is 55.1 Å². The molecular weight excluding hydrogens is 841 g/mol. The molecule has 7 aromatic rings. The van der Waals surface area contributed by atoms with Crippen LogP contribution in [0.1, 0.15) is 112 Å². The number of fused-ring (bicyclic) bond motifs is 7. The number of aliphatic hydroxyl groups is 1. The van der Waals surface area contributed by atoms with Crippen LogP contribution in [0.15, 0.2) is 78.7 Å². The van der Waals surface area contributed by atoms with Gasteiger partial charge in [-0.1, -0.05) is 128 Å². The molecule has 0 amide bonds. The molecule has 1 aromatic heterocycles. The van der Waals surface area contributed by atoms with Gasteiger partial charge >= 0.3 is 0 Å². The second-order valence-corrected chi connectivity index (χ2v) is 16.7. The topological polar surface area (TPSA) is 74.0 Å². The Kier molecular flexibility index (Phi) is 11.9. The van der Waals surface area contributed by atoms with Crippen LogP contribution in [0, 0.1) is 29.2 Å². The van der Waals surface area contributed by atoms with Gasteiger partial charge in [0.1, 0.15) is 6.07 Å². The fourth-order valence-corrected chi connectivity index (χ4v) is 7.87. The van der Waals surface area contributed by atoms with Crippen LogP contribution in [0.5, 0.6) is 0 Å². The summed E-state index contributed by atoms with van der Waals surface area (Å²) in [7, 11) is 0. The van der Waals surface area contributed by atoms with E-state index in [1.165, 1.54) is 44.1 Å². The maximum atomic E-state index is 11.7. The number of pyridine rings is 1. The first-order chi connectivity index (χ1) is 25.2. The van der Waals surface area contributed by atoms with Gasteiger partial charge < -0.3 is 5.11 Å². The fourth-order valence-electron chi connectivity index (χ4n) is 7.87. The Bertz CT molecular complexity index is 2570. The molecule has 0 unspecified atom stereocenters. The largest absolute Gasteiger partial charge is 0.512 e. The summed E-state index contributed by atoms with van der Waals surface area (Å²) in [5, 5.41) is 32.4. The molecule has 0 bridgehead atoms. The number of allylic oxidation sites excluding steroid dienone is 2. The third kappa shape index (κ3) is 7.36. The minimum Gasteiger partial charge on any atom is -0.512 e. The summed E-state index contributed by atoms with van der Waals surface area (Å²) in [6, 6.07) is 28.4. The number of aromatic nitrogens is 1. The number of benzene rings is 6. The maximum absolute atomic E-state index is 11.7. The van der Waals surface area contributed by atoms with E-state index >= 15 is 0 Å². The van der Waals surface area contributed by atoms with Crippen LogP contribution in [0.25, 0.3) is 64.8 Å². The summed E-state index contributed by atoms with van der Waals surface area (Å²) >= 11 is 0. The number of carbonyl (C=O) groups is 1. The molecule has 1 N–H and O–H groups in total. The van der Waals surface area contributed by atoms with Crippen LogP contribution in [0.3, 0.4) is 0 Å². The quantitative estimate of drug-likeness (QED) is 0.0569. The van der Waals surface area contributed by atoms with Crippen molar-refractivity contribution in [2.45, 2.75) is 106 Å². The number of hydrogen-bond donors (Lipinski definition) is 1. The average Bonchev–Trinajstić information content (AvgIpc) is 3.13. The summed E-state index contributed by atoms with van der Waals surface area (Å²) in [6.45, 7) is 21.7. The molecule has 1 heterocycles. The molecule has 0 aliphatic carbocycles. The molecule has 7 rings (SSSR count). The molecule has 0 fully saturated rings. The number of nitrogens with zero attached hydrogens (tertiary/aromatic N) is 2. The first kappa shape index (κ1) is 40.8. The van der Waals surface area contributed by atoms with Crippen molar-refractivity contribution in [3.05, 3.63) is 101 Å². The molecule has 0 aliphatic heterocycles. The van der Waals surface area contributed by atoms with Gasteiger partial charge in [0.05, 0.1) is 11.3 Å². The molecule has 6 aromatic carbocycles. The smallest absolute Gasteiger partial charge is 0.162 e. The SMILES string of the molecule is CC(C)(C)c1ccc2c(c1)c1cc(C(C)(C)C)cc3c4cc5ccccc5[c-]c4c4ncc(C#N)c2c4c31.CCC(CC)C(=O)/C=C(\O)C(CC)CC.[Ir]. The van der Waals surface area contributed by atoms with E-state index in [-0.39, 0.29) is 54.3 Å². The molecule has 4 nitrogen and oxygen atoms in total. The third-order valence-electron chi connectivity index (χ3n) is 11.3. The van der Waals surface area contributed by atoms with Gasteiger partial charge in [-0.05, 0) is 86.0 Å². The Balaban J connectivity index is 0.000000301. The molecule has 281 valence electrons. The Morgan fingerprint density at radius 3 is 1.94 bits per heavy atom. The summed E-state index contributed by atoms with van der Waals surface area (Å²) in [5.74, 6) is 0.547. The Labute approximate surface area is 334 Å². The van der Waals surface area contributed by atoms with Crippen LogP contribution in [-0.2, 0) is 35.7 Å². The van der Waals surface area contributed by atoms with Gasteiger partial charge in [-0.2, -0.15) is 5.26 Å². The van der Waals surface area contributed by atoms with Gasteiger partial charge in [-0.15, -0.1) is 23.6 Å². The number of nitriles is 1. The fraction of sp³-hybridized carbons (Fsp3) is 0.367. The van der Waals surface area contributed by atoms with E-state index in [1.54, 1.807) is 6.20 Å². The Morgan fingerprint density at radius 2 is 1.35 bits per heavy atom. The van der Waals surface area contributed by atoms with Gasteiger partial charge in [0.25, 0.3) is 0 Å². The monoisotopic (exact) mass is 894 g/mol. The standard InChI is InChI=1S/C36H29N2.C13H24O2.Ir/c1-35(2,3)23-11-12-25-27(15-23)29-17-24(36(4,5)6)16-28-26-13-20-9-7-8-10-21(20)14-30(26)34-33(32(28)29)31(25)22(18-37)19-38-34;1-5-10(6-2)12(14)9-13(15)11(7-3)8-4;/h7-13,15-17,19H,1-6H3;9-11,14H,5-8H2,1-4H3;/q-1;;/b;12-9-;. The van der Waals surface area contributed by atoms with E-state index in [0.717, 1.165) is 63.5 Å². The number of aliphatic hydroxyl groups excluding tert-OH is 1. The molecule has 1 radical (unpaired) electrons. The summed E-state index contributed by atoms with van der Waals surface area (Å²) < 4.78 is 0. The van der Waals surface area contributed by atoms with Crippen LogP contribution < -0.4 is 0 Å². The van der Waals surface area contributed by atoms with E-state index in [0.29, 0.717) is 5.56 Å². The van der Waals surface area contributed by atoms with Gasteiger partial charge in [0.2, 0.25) is 0 Å². The van der Waals surface area contributed by atoms with E-state index in [4.69, 9.17) is 4.98 Å². The average molecular weight is 894 g/mol. The summed E-state index contributed by atoms with van der Waals surface area (Å²) in [4.78, 5) is 16.6. The first-order valence-electron chi connectivity index (χ1n) is 19.3. The summed E-state index contributed by atoms with van der Waals surface area (Å²) in [5.41, 5.74) is 4.11. The number of carbonyl (C=O) groups excluding carboxylic acids is 1. The molecule has 0 aliphatic rings. The van der Waals surface area contributed by atoms with E-state index in [2.05, 4.69) is 114 Å². The molecule has 0 atom stereocenters. The van der Waals surface area contributed by atoms with Crippen LogP contribution in [0.4, 0.5) is 0 Å². The van der Waals surface area contributed by atoms with Crippen LogP contribution in [0.2, 0.25) is 0 Å². The molecule has 0 spiro atoms. The Morgan fingerprint density at radius 1 is 0.759 bits per heavy atom. The zero-order valence-corrected chi connectivity index (χ0v) is 35.9. The van der Waals surface area contributed by atoms with Crippen LogP contribution in [-0.4, -0.2) is 15.9 Å².